The van der Waals surface area contributed by atoms with Crippen LogP contribution in [-0.2, 0) is 9.59 Å². The summed E-state index contributed by atoms with van der Waals surface area (Å²) in [7, 11) is 0. The zero-order chi connectivity index (χ0) is 14.8. The number of amides is 4. The van der Waals surface area contributed by atoms with Gasteiger partial charge in [0, 0.05) is 6.04 Å². The van der Waals surface area contributed by atoms with Crippen LogP contribution in [0.3, 0.4) is 0 Å². The first-order chi connectivity index (χ1) is 9.48. The number of imide groups is 1. The van der Waals surface area contributed by atoms with Crippen molar-refractivity contribution in [3.63, 3.8) is 0 Å². The van der Waals surface area contributed by atoms with Gasteiger partial charge in [-0.05, 0) is 39.3 Å². The smallest absolute Gasteiger partial charge is 0.325 e. The van der Waals surface area contributed by atoms with Crippen LogP contribution >= 0.6 is 0 Å². The molecule has 0 aliphatic carbocycles. The van der Waals surface area contributed by atoms with E-state index in [9.17, 15) is 14.4 Å². The molecule has 2 fully saturated rings. The van der Waals surface area contributed by atoms with Crippen molar-refractivity contribution in [1.82, 2.24) is 20.9 Å². The van der Waals surface area contributed by atoms with E-state index in [0.29, 0.717) is 25.9 Å². The van der Waals surface area contributed by atoms with E-state index < -0.39 is 11.6 Å². The third-order valence-electron chi connectivity index (χ3n) is 4.02. The lowest BCUT2D eigenvalue weighted by atomic mass is 9.88. The molecule has 2 heterocycles. The molecule has 0 bridgehead atoms. The molecule has 2 rings (SSSR count). The number of piperidine rings is 1. The normalized spacial score (nSPS) is 22.8. The van der Waals surface area contributed by atoms with E-state index in [1.807, 2.05) is 13.8 Å². The summed E-state index contributed by atoms with van der Waals surface area (Å²) in [6, 6.07) is -0.424. The van der Waals surface area contributed by atoms with E-state index in [2.05, 4.69) is 16.0 Å². The van der Waals surface area contributed by atoms with Crippen LogP contribution in [0.25, 0.3) is 0 Å². The topological polar surface area (TPSA) is 90.5 Å². The van der Waals surface area contributed by atoms with Crippen LogP contribution in [0.1, 0.15) is 33.1 Å². The summed E-state index contributed by atoms with van der Waals surface area (Å²) < 4.78 is 0. The van der Waals surface area contributed by atoms with Gasteiger partial charge >= 0.3 is 6.03 Å². The SMILES string of the molecule is CCC(C)NC(=O)CN1C(=O)NC2(CCNCC2)C1=O. The summed E-state index contributed by atoms with van der Waals surface area (Å²) in [5, 5.41) is 8.68. The van der Waals surface area contributed by atoms with Gasteiger partial charge < -0.3 is 16.0 Å². The fraction of sp³-hybridized carbons (Fsp3) is 0.769. The first-order valence-corrected chi connectivity index (χ1v) is 7.12. The molecule has 0 radical (unpaired) electrons. The lowest BCUT2D eigenvalue weighted by Crippen LogP contribution is -2.54. The fourth-order valence-corrected chi connectivity index (χ4v) is 2.58. The summed E-state index contributed by atoms with van der Waals surface area (Å²) in [4.78, 5) is 37.2. The number of hydrogen-bond donors (Lipinski definition) is 3. The number of carbonyl (C=O) groups is 3. The van der Waals surface area contributed by atoms with E-state index in [1.54, 1.807) is 0 Å². The van der Waals surface area contributed by atoms with Crippen molar-refractivity contribution < 1.29 is 14.4 Å². The molecule has 1 atom stereocenters. The average molecular weight is 282 g/mol. The van der Waals surface area contributed by atoms with Crippen LogP contribution in [0.4, 0.5) is 4.79 Å². The van der Waals surface area contributed by atoms with Crippen LogP contribution in [0, 0.1) is 0 Å². The van der Waals surface area contributed by atoms with Crippen LogP contribution in [0.2, 0.25) is 0 Å². The molecule has 0 aromatic carbocycles. The largest absolute Gasteiger partial charge is 0.352 e. The summed E-state index contributed by atoms with van der Waals surface area (Å²) >= 11 is 0. The van der Waals surface area contributed by atoms with Gasteiger partial charge in [0.25, 0.3) is 5.91 Å². The van der Waals surface area contributed by atoms with E-state index in [4.69, 9.17) is 0 Å². The van der Waals surface area contributed by atoms with Crippen LogP contribution < -0.4 is 16.0 Å². The maximum absolute atomic E-state index is 12.4. The third-order valence-corrected chi connectivity index (χ3v) is 4.02. The van der Waals surface area contributed by atoms with Gasteiger partial charge in [-0.3, -0.25) is 14.5 Å². The Labute approximate surface area is 118 Å². The summed E-state index contributed by atoms with van der Waals surface area (Å²) in [5.74, 6) is -0.572. The summed E-state index contributed by atoms with van der Waals surface area (Å²) in [6.45, 7) is 5.03. The van der Waals surface area contributed by atoms with Gasteiger partial charge in [0.15, 0.2) is 0 Å². The first kappa shape index (κ1) is 14.8. The van der Waals surface area contributed by atoms with E-state index >= 15 is 0 Å². The zero-order valence-corrected chi connectivity index (χ0v) is 12.0. The number of carbonyl (C=O) groups excluding carboxylic acids is 3. The van der Waals surface area contributed by atoms with Crippen LogP contribution in [0.15, 0.2) is 0 Å². The second-order valence-corrected chi connectivity index (χ2v) is 5.53. The molecule has 0 saturated carbocycles. The van der Waals surface area contributed by atoms with Gasteiger partial charge in [0.05, 0.1) is 0 Å². The molecule has 2 aliphatic rings. The Hall–Kier alpha value is -1.63. The fourth-order valence-electron chi connectivity index (χ4n) is 2.58. The highest BCUT2D eigenvalue weighted by molar-refractivity contribution is 6.09. The molecular weight excluding hydrogens is 260 g/mol. The van der Waals surface area contributed by atoms with Crippen molar-refractivity contribution in [3.8, 4) is 0 Å². The minimum atomic E-state index is -0.807. The molecule has 20 heavy (non-hydrogen) atoms. The standard InChI is InChI=1S/C13H22N4O3/c1-3-9(2)15-10(18)8-17-11(19)13(16-12(17)20)4-6-14-7-5-13/h9,14H,3-8H2,1-2H3,(H,15,18)(H,16,20). The molecule has 3 N–H and O–H groups in total. The Kier molecular flexibility index (Phi) is 4.27. The molecule has 7 nitrogen and oxygen atoms in total. The van der Waals surface area contributed by atoms with Gasteiger partial charge in [-0.1, -0.05) is 6.92 Å². The van der Waals surface area contributed by atoms with Crippen molar-refractivity contribution in [1.29, 1.82) is 0 Å². The van der Waals surface area contributed by atoms with Gasteiger partial charge in [0.2, 0.25) is 5.91 Å². The molecule has 1 unspecified atom stereocenters. The Balaban J connectivity index is 2.00. The molecule has 2 saturated heterocycles. The quantitative estimate of drug-likeness (QED) is 0.611. The second kappa shape index (κ2) is 5.78. The average Bonchev–Trinajstić information content (AvgIpc) is 2.64. The zero-order valence-electron chi connectivity index (χ0n) is 12.0. The molecule has 0 aromatic rings. The maximum Gasteiger partial charge on any atom is 0.325 e. The van der Waals surface area contributed by atoms with E-state index in [0.717, 1.165) is 11.3 Å². The monoisotopic (exact) mass is 282 g/mol. The van der Waals surface area contributed by atoms with Crippen LogP contribution in [-0.4, -0.2) is 54.0 Å². The Bertz CT molecular complexity index is 418. The summed E-state index contributed by atoms with van der Waals surface area (Å²) in [5.41, 5.74) is -0.807. The maximum atomic E-state index is 12.4. The first-order valence-electron chi connectivity index (χ1n) is 7.12. The number of urea groups is 1. The highest BCUT2D eigenvalue weighted by Crippen LogP contribution is 2.26. The summed E-state index contributed by atoms with van der Waals surface area (Å²) in [6.07, 6.45) is 1.95. The second-order valence-electron chi connectivity index (χ2n) is 5.53. The van der Waals surface area contributed by atoms with E-state index in [1.165, 1.54) is 0 Å². The molecule has 0 aromatic heterocycles. The van der Waals surface area contributed by atoms with Crippen molar-refractivity contribution in [2.75, 3.05) is 19.6 Å². The number of rotatable bonds is 4. The van der Waals surface area contributed by atoms with Crippen molar-refractivity contribution in [2.45, 2.75) is 44.7 Å². The minimum absolute atomic E-state index is 0.0381. The van der Waals surface area contributed by atoms with Gasteiger partial charge in [-0.25, -0.2) is 4.79 Å². The van der Waals surface area contributed by atoms with Crippen molar-refractivity contribution in [2.24, 2.45) is 0 Å². The number of nitrogens with one attached hydrogen (secondary N) is 3. The molecular formula is C13H22N4O3. The Morgan fingerprint density at radius 2 is 2.05 bits per heavy atom. The molecule has 1 spiro atoms. The number of hydrogen-bond acceptors (Lipinski definition) is 4. The Morgan fingerprint density at radius 3 is 2.65 bits per heavy atom. The lowest BCUT2D eigenvalue weighted by Gasteiger charge is -2.31. The third kappa shape index (κ3) is 2.77. The number of nitrogens with zero attached hydrogens (tertiary/aromatic N) is 1. The van der Waals surface area contributed by atoms with Crippen molar-refractivity contribution in [3.05, 3.63) is 0 Å². The molecule has 2 aliphatic heterocycles. The lowest BCUT2D eigenvalue weighted by molar-refractivity contribution is -0.135. The van der Waals surface area contributed by atoms with Crippen molar-refractivity contribution >= 4 is 17.8 Å². The predicted octanol–water partition coefficient (Wildman–Crippen LogP) is -0.425. The highest BCUT2D eigenvalue weighted by Gasteiger charge is 2.51. The van der Waals surface area contributed by atoms with Gasteiger partial charge in [0.1, 0.15) is 12.1 Å². The van der Waals surface area contributed by atoms with Crippen LogP contribution in [0.5, 0.6) is 0 Å². The Morgan fingerprint density at radius 1 is 1.40 bits per heavy atom. The highest BCUT2D eigenvalue weighted by atomic mass is 16.2. The minimum Gasteiger partial charge on any atom is -0.352 e. The van der Waals surface area contributed by atoms with E-state index in [-0.39, 0.29) is 24.4 Å². The molecule has 4 amide bonds. The van der Waals surface area contributed by atoms with Gasteiger partial charge in [-0.15, -0.1) is 0 Å². The molecule has 7 heteroatoms. The predicted molar refractivity (Wildman–Crippen MR) is 73.0 cm³/mol. The molecule has 112 valence electrons. The van der Waals surface area contributed by atoms with Gasteiger partial charge in [-0.2, -0.15) is 0 Å².